The summed E-state index contributed by atoms with van der Waals surface area (Å²) in [6.45, 7) is 0.359. The van der Waals surface area contributed by atoms with E-state index in [0.29, 0.717) is 10.9 Å². The van der Waals surface area contributed by atoms with Crippen molar-refractivity contribution in [3.05, 3.63) is 50.7 Å². The van der Waals surface area contributed by atoms with E-state index in [1.165, 1.54) is 16.2 Å². The molecule has 0 aliphatic rings. The van der Waals surface area contributed by atoms with Crippen LogP contribution >= 0.6 is 35.2 Å². The Balaban J connectivity index is 2.30. The Labute approximate surface area is 129 Å². The monoisotopic (exact) mass is 332 g/mol. The summed E-state index contributed by atoms with van der Waals surface area (Å²) >= 11 is 11.9. The van der Waals surface area contributed by atoms with E-state index in [2.05, 4.69) is 0 Å². The minimum atomic E-state index is -0.696. The van der Waals surface area contributed by atoms with E-state index in [1.54, 1.807) is 13.1 Å². The predicted octanol–water partition coefficient (Wildman–Crippen LogP) is 3.95. The Morgan fingerprint density at radius 1 is 1.35 bits per heavy atom. The maximum absolute atomic E-state index is 14.0. The summed E-state index contributed by atoms with van der Waals surface area (Å²) in [5, 5.41) is 0. The number of hydrogen-bond acceptors (Lipinski definition) is 3. The molecule has 2 rings (SSSR count). The van der Waals surface area contributed by atoms with E-state index in [4.69, 9.17) is 29.6 Å². The highest BCUT2D eigenvalue weighted by Gasteiger charge is 2.17. The smallest absolute Gasteiger partial charge is 0.150 e. The van der Waals surface area contributed by atoms with Crippen molar-refractivity contribution in [2.24, 2.45) is 5.73 Å². The lowest BCUT2D eigenvalue weighted by atomic mass is 10.1. The zero-order chi connectivity index (χ0) is 14.9. The van der Waals surface area contributed by atoms with Gasteiger partial charge in [-0.2, -0.15) is 0 Å². The molecule has 1 aromatic carbocycles. The average molecular weight is 333 g/mol. The molecular weight excluding hydrogens is 322 g/mol. The first-order chi connectivity index (χ1) is 9.38. The second-order valence-corrected chi connectivity index (χ2v) is 6.45. The number of thiocarbonyl (C=S) groups is 1. The topological polar surface area (TPSA) is 29.3 Å². The van der Waals surface area contributed by atoms with E-state index in [9.17, 15) is 8.78 Å². The number of thiophene rings is 1. The lowest BCUT2D eigenvalue weighted by molar-refractivity contribution is 0.576. The third-order valence-corrected chi connectivity index (χ3v) is 4.16. The van der Waals surface area contributed by atoms with Gasteiger partial charge in [0.15, 0.2) is 0 Å². The molecule has 0 aliphatic heterocycles. The normalized spacial score (nSPS) is 10.6. The number of hydrogen-bond donors (Lipinski definition) is 1. The third-order valence-electron chi connectivity index (χ3n) is 2.70. The molecule has 0 bridgehead atoms. The van der Waals surface area contributed by atoms with Crippen LogP contribution in [0, 0.1) is 11.6 Å². The summed E-state index contributed by atoms with van der Waals surface area (Å²) in [6, 6.07) is 5.85. The van der Waals surface area contributed by atoms with Crippen molar-refractivity contribution >= 4 is 45.8 Å². The molecule has 106 valence electrons. The molecule has 0 aliphatic carbocycles. The quantitative estimate of drug-likeness (QED) is 0.860. The molecule has 7 heteroatoms. The van der Waals surface area contributed by atoms with Crippen LogP contribution in [0.4, 0.5) is 14.5 Å². The van der Waals surface area contributed by atoms with Crippen molar-refractivity contribution in [1.82, 2.24) is 0 Å². The minimum absolute atomic E-state index is 0.0398. The molecule has 0 amide bonds. The zero-order valence-corrected chi connectivity index (χ0v) is 12.9. The van der Waals surface area contributed by atoms with Crippen LogP contribution in [0.15, 0.2) is 24.3 Å². The molecule has 0 saturated carbocycles. The summed E-state index contributed by atoms with van der Waals surface area (Å²) in [5.41, 5.74) is 5.43. The maximum atomic E-state index is 14.0. The minimum Gasteiger partial charge on any atom is -0.389 e. The number of nitrogens with zero attached hydrogens (tertiary/aromatic N) is 1. The fourth-order valence-corrected chi connectivity index (χ4v) is 3.08. The first-order valence-corrected chi connectivity index (χ1v) is 7.23. The Morgan fingerprint density at radius 3 is 2.40 bits per heavy atom. The van der Waals surface area contributed by atoms with Gasteiger partial charge < -0.3 is 10.6 Å². The molecule has 2 nitrogen and oxygen atoms in total. The van der Waals surface area contributed by atoms with E-state index < -0.39 is 11.6 Å². The molecule has 0 atom stereocenters. The number of benzene rings is 1. The molecule has 0 unspecified atom stereocenters. The standard InChI is InChI=1S/C13H11ClF2N2S2/c1-18(6-8-2-3-11(14)20-8)12-9(15)4-7(13(17)19)5-10(12)16/h2-5H,6H2,1H3,(H2,17,19). The highest BCUT2D eigenvalue weighted by Crippen LogP contribution is 2.28. The van der Waals surface area contributed by atoms with Crippen LogP contribution in [0.3, 0.4) is 0 Å². The van der Waals surface area contributed by atoms with Crippen molar-refractivity contribution in [1.29, 1.82) is 0 Å². The van der Waals surface area contributed by atoms with Gasteiger partial charge in [-0.25, -0.2) is 8.78 Å². The van der Waals surface area contributed by atoms with E-state index in [0.717, 1.165) is 17.0 Å². The number of nitrogens with two attached hydrogens (primary N) is 1. The molecule has 1 heterocycles. The first kappa shape index (κ1) is 15.2. The van der Waals surface area contributed by atoms with Gasteiger partial charge in [-0.3, -0.25) is 0 Å². The van der Waals surface area contributed by atoms with Crippen LogP contribution in [-0.4, -0.2) is 12.0 Å². The molecule has 0 fully saturated rings. The maximum Gasteiger partial charge on any atom is 0.150 e. The second-order valence-electron chi connectivity index (χ2n) is 4.21. The Morgan fingerprint density at radius 2 is 1.95 bits per heavy atom. The van der Waals surface area contributed by atoms with Crippen molar-refractivity contribution in [3.8, 4) is 0 Å². The molecule has 20 heavy (non-hydrogen) atoms. The van der Waals surface area contributed by atoms with E-state index in [1.807, 2.05) is 6.07 Å². The van der Waals surface area contributed by atoms with Crippen molar-refractivity contribution in [2.75, 3.05) is 11.9 Å². The molecule has 1 aromatic heterocycles. The molecule has 0 radical (unpaired) electrons. The SMILES string of the molecule is CN(Cc1ccc(Cl)s1)c1c(F)cc(C(N)=S)cc1F. The number of rotatable bonds is 4. The molecule has 0 spiro atoms. The number of halogens is 3. The third kappa shape index (κ3) is 3.26. The molecule has 2 aromatic rings. The van der Waals surface area contributed by atoms with Crippen LogP contribution in [0.5, 0.6) is 0 Å². The van der Waals surface area contributed by atoms with Crippen LogP contribution < -0.4 is 10.6 Å². The van der Waals surface area contributed by atoms with E-state index in [-0.39, 0.29) is 16.2 Å². The van der Waals surface area contributed by atoms with Gasteiger partial charge in [0.05, 0.1) is 10.9 Å². The van der Waals surface area contributed by atoms with Crippen molar-refractivity contribution in [2.45, 2.75) is 6.54 Å². The first-order valence-electron chi connectivity index (χ1n) is 5.62. The summed E-state index contributed by atoms with van der Waals surface area (Å²) in [5.74, 6) is -1.39. The van der Waals surface area contributed by atoms with Crippen LogP contribution in [0.2, 0.25) is 4.34 Å². The van der Waals surface area contributed by atoms with Crippen LogP contribution in [-0.2, 0) is 6.54 Å². The van der Waals surface area contributed by atoms with Gasteiger partial charge in [0, 0.05) is 17.5 Å². The second kappa shape index (κ2) is 6.03. The van der Waals surface area contributed by atoms with Gasteiger partial charge in [0.1, 0.15) is 22.3 Å². The van der Waals surface area contributed by atoms with Crippen molar-refractivity contribution in [3.63, 3.8) is 0 Å². The van der Waals surface area contributed by atoms with Crippen molar-refractivity contribution < 1.29 is 8.78 Å². The largest absolute Gasteiger partial charge is 0.389 e. The van der Waals surface area contributed by atoms with Crippen LogP contribution in [0.1, 0.15) is 10.4 Å². The zero-order valence-electron chi connectivity index (χ0n) is 10.5. The average Bonchev–Trinajstić information content (AvgIpc) is 2.73. The van der Waals surface area contributed by atoms with Gasteiger partial charge in [0.25, 0.3) is 0 Å². The summed E-state index contributed by atoms with van der Waals surface area (Å²) in [4.78, 5) is 2.35. The Kier molecular flexibility index (Phi) is 4.57. The van der Waals surface area contributed by atoms with Gasteiger partial charge in [-0.15, -0.1) is 11.3 Å². The predicted molar refractivity (Wildman–Crippen MR) is 83.7 cm³/mol. The number of anilines is 1. The van der Waals surface area contributed by atoms with Gasteiger partial charge in [-0.05, 0) is 24.3 Å². The highest BCUT2D eigenvalue weighted by atomic mass is 35.5. The van der Waals surface area contributed by atoms with Gasteiger partial charge in [-0.1, -0.05) is 23.8 Å². The lowest BCUT2D eigenvalue weighted by Crippen LogP contribution is -2.20. The summed E-state index contributed by atoms with van der Waals surface area (Å²) in [6.07, 6.45) is 0. The molecular formula is C13H11ClF2N2S2. The summed E-state index contributed by atoms with van der Waals surface area (Å²) in [7, 11) is 1.61. The lowest BCUT2D eigenvalue weighted by Gasteiger charge is -2.20. The molecule has 0 saturated heterocycles. The van der Waals surface area contributed by atoms with Gasteiger partial charge in [0.2, 0.25) is 0 Å². The van der Waals surface area contributed by atoms with E-state index >= 15 is 0 Å². The molecule has 2 N–H and O–H groups in total. The van der Waals surface area contributed by atoms with Gasteiger partial charge >= 0.3 is 0 Å². The fourth-order valence-electron chi connectivity index (χ4n) is 1.82. The summed E-state index contributed by atoms with van der Waals surface area (Å²) < 4.78 is 28.7. The van der Waals surface area contributed by atoms with Crippen LogP contribution in [0.25, 0.3) is 0 Å². The Hall–Kier alpha value is -1.24. The highest BCUT2D eigenvalue weighted by molar-refractivity contribution is 7.80. The Bertz CT molecular complexity index is 635. The fraction of sp³-hybridized carbons (Fsp3) is 0.154.